The van der Waals surface area contributed by atoms with Gasteiger partial charge in [0.1, 0.15) is 0 Å². The molecule has 1 saturated heterocycles. The van der Waals surface area contributed by atoms with Crippen LogP contribution in [0.2, 0.25) is 5.02 Å². The smallest absolute Gasteiger partial charge is 0.232 e. The minimum Gasteiger partial charge on any atom is -0.349 e. The fourth-order valence-electron chi connectivity index (χ4n) is 3.22. The summed E-state index contributed by atoms with van der Waals surface area (Å²) in [6.45, 7) is 9.24. The van der Waals surface area contributed by atoms with Crippen LogP contribution in [0.25, 0.3) is 0 Å². The van der Waals surface area contributed by atoms with Crippen molar-refractivity contribution in [2.24, 2.45) is 4.99 Å². The number of nitrogens with one attached hydrogen (secondary N) is 1. The third kappa shape index (κ3) is 5.72. The molecule has 0 saturated carbocycles. The Bertz CT molecular complexity index is 897. The van der Waals surface area contributed by atoms with E-state index in [2.05, 4.69) is 25.3 Å². The van der Waals surface area contributed by atoms with Crippen LogP contribution in [0, 0.1) is 0 Å². The first-order chi connectivity index (χ1) is 14.3. The van der Waals surface area contributed by atoms with Gasteiger partial charge in [0, 0.05) is 43.7 Å². The molecular formula is C21H29ClN6O2. The van der Waals surface area contributed by atoms with E-state index in [0.717, 1.165) is 11.5 Å². The molecule has 9 heteroatoms. The van der Waals surface area contributed by atoms with Crippen LogP contribution in [-0.2, 0) is 23.2 Å². The predicted molar refractivity (Wildman–Crippen MR) is 117 cm³/mol. The lowest BCUT2D eigenvalue weighted by atomic mass is 9.97. The number of rotatable bonds is 4. The Kier molecular flexibility index (Phi) is 6.97. The van der Waals surface area contributed by atoms with Gasteiger partial charge in [-0.05, 0) is 17.7 Å². The van der Waals surface area contributed by atoms with Gasteiger partial charge >= 0.3 is 0 Å². The molecule has 1 aromatic heterocycles. The third-order valence-corrected chi connectivity index (χ3v) is 5.14. The molecule has 0 bridgehead atoms. The summed E-state index contributed by atoms with van der Waals surface area (Å²) in [5.41, 5.74) is 0.753. The highest BCUT2D eigenvalue weighted by Crippen LogP contribution is 2.19. The summed E-state index contributed by atoms with van der Waals surface area (Å²) in [5, 5.41) is 7.96. The van der Waals surface area contributed by atoms with Crippen LogP contribution in [0.1, 0.15) is 38.0 Å². The number of halogens is 1. The van der Waals surface area contributed by atoms with Gasteiger partial charge in [-0.3, -0.25) is 9.79 Å². The Morgan fingerprint density at radius 1 is 1.23 bits per heavy atom. The van der Waals surface area contributed by atoms with Crippen LogP contribution >= 0.6 is 11.6 Å². The molecule has 2 heterocycles. The number of piperazine rings is 1. The normalized spacial score (nSPS) is 15.4. The Balaban J connectivity index is 1.49. The highest BCUT2D eigenvalue weighted by molar-refractivity contribution is 6.30. The Morgan fingerprint density at radius 3 is 2.53 bits per heavy atom. The van der Waals surface area contributed by atoms with E-state index in [-0.39, 0.29) is 11.3 Å². The second-order valence-electron chi connectivity index (χ2n) is 8.34. The fraction of sp³-hybridized carbons (Fsp3) is 0.524. The summed E-state index contributed by atoms with van der Waals surface area (Å²) < 4.78 is 5.33. The molecule has 1 N–H and O–H groups in total. The summed E-state index contributed by atoms with van der Waals surface area (Å²) in [6, 6.07) is 7.44. The van der Waals surface area contributed by atoms with E-state index in [0.29, 0.717) is 55.9 Å². The standard InChI is InChI=1S/C21H29ClN6O2/c1-21(2,3)19-25-17(26-30-19)14-24-20(23-4)28-10-8-27(9-11-28)18(29)13-15-6-5-7-16(22)12-15/h5-7,12H,8-11,13-14H2,1-4H3,(H,23,24). The molecule has 1 amide bonds. The molecule has 0 unspecified atom stereocenters. The average Bonchev–Trinajstić information content (AvgIpc) is 3.18. The molecule has 0 spiro atoms. The largest absolute Gasteiger partial charge is 0.349 e. The molecule has 0 radical (unpaired) electrons. The summed E-state index contributed by atoms with van der Waals surface area (Å²) in [6.07, 6.45) is 0.363. The van der Waals surface area contributed by atoms with Crippen molar-refractivity contribution >= 4 is 23.5 Å². The minimum atomic E-state index is -0.180. The lowest BCUT2D eigenvalue weighted by molar-refractivity contribution is -0.131. The topological polar surface area (TPSA) is 86.9 Å². The van der Waals surface area contributed by atoms with Gasteiger partial charge in [-0.1, -0.05) is 49.7 Å². The summed E-state index contributed by atoms with van der Waals surface area (Å²) in [4.78, 5) is 25.4. The molecule has 30 heavy (non-hydrogen) atoms. The van der Waals surface area contributed by atoms with Gasteiger partial charge in [0.15, 0.2) is 11.8 Å². The molecule has 1 aromatic carbocycles. The molecule has 0 atom stereocenters. The summed E-state index contributed by atoms with van der Waals surface area (Å²) in [7, 11) is 1.75. The van der Waals surface area contributed by atoms with Crippen molar-refractivity contribution in [2.75, 3.05) is 33.2 Å². The van der Waals surface area contributed by atoms with Crippen molar-refractivity contribution in [3.63, 3.8) is 0 Å². The second-order valence-corrected chi connectivity index (χ2v) is 8.78. The van der Waals surface area contributed by atoms with Crippen LogP contribution in [0.5, 0.6) is 0 Å². The average molecular weight is 433 g/mol. The molecule has 8 nitrogen and oxygen atoms in total. The third-order valence-electron chi connectivity index (χ3n) is 4.90. The first-order valence-electron chi connectivity index (χ1n) is 10.1. The SMILES string of the molecule is CN=C(NCc1noc(C(C)(C)C)n1)N1CCN(C(=O)Cc2cccc(Cl)c2)CC1. The first kappa shape index (κ1) is 22.1. The van der Waals surface area contributed by atoms with Crippen LogP contribution in [0.15, 0.2) is 33.8 Å². The number of hydrogen-bond acceptors (Lipinski definition) is 5. The van der Waals surface area contributed by atoms with Crippen LogP contribution in [0.4, 0.5) is 0 Å². The van der Waals surface area contributed by atoms with E-state index in [4.69, 9.17) is 16.1 Å². The monoisotopic (exact) mass is 432 g/mol. The number of hydrogen-bond donors (Lipinski definition) is 1. The van der Waals surface area contributed by atoms with E-state index in [9.17, 15) is 4.79 Å². The number of benzene rings is 1. The molecular weight excluding hydrogens is 404 g/mol. The van der Waals surface area contributed by atoms with Gasteiger partial charge in [-0.25, -0.2) is 0 Å². The molecule has 1 aliphatic rings. The van der Waals surface area contributed by atoms with Crippen molar-refractivity contribution in [2.45, 2.75) is 39.2 Å². The van der Waals surface area contributed by atoms with Gasteiger partial charge in [0.2, 0.25) is 11.8 Å². The van der Waals surface area contributed by atoms with Crippen LogP contribution in [-0.4, -0.2) is 65.0 Å². The number of aliphatic imine (C=N–C) groups is 1. The highest BCUT2D eigenvalue weighted by Gasteiger charge is 2.24. The predicted octanol–water partition coefficient (Wildman–Crippen LogP) is 2.48. The Morgan fingerprint density at radius 2 is 1.93 bits per heavy atom. The van der Waals surface area contributed by atoms with E-state index in [1.54, 1.807) is 7.05 Å². The highest BCUT2D eigenvalue weighted by atomic mass is 35.5. The van der Waals surface area contributed by atoms with Gasteiger partial charge in [0.05, 0.1) is 13.0 Å². The van der Waals surface area contributed by atoms with E-state index < -0.39 is 0 Å². The molecule has 0 aliphatic carbocycles. The van der Waals surface area contributed by atoms with Gasteiger partial charge in [-0.2, -0.15) is 4.98 Å². The summed E-state index contributed by atoms with van der Waals surface area (Å²) in [5.74, 6) is 2.08. The number of carbonyl (C=O) groups is 1. The lowest BCUT2D eigenvalue weighted by Gasteiger charge is -2.36. The zero-order chi connectivity index (χ0) is 21.7. The quantitative estimate of drug-likeness (QED) is 0.590. The second kappa shape index (κ2) is 9.47. The molecule has 3 rings (SSSR count). The molecule has 1 aliphatic heterocycles. The van der Waals surface area contributed by atoms with Crippen molar-refractivity contribution in [1.29, 1.82) is 0 Å². The Hall–Kier alpha value is -2.61. The Labute approximate surface area is 182 Å². The number of nitrogens with zero attached hydrogens (tertiary/aromatic N) is 5. The number of guanidine groups is 1. The van der Waals surface area contributed by atoms with Crippen molar-refractivity contribution < 1.29 is 9.32 Å². The molecule has 2 aromatic rings. The van der Waals surface area contributed by atoms with Crippen molar-refractivity contribution in [3.05, 3.63) is 46.6 Å². The van der Waals surface area contributed by atoms with Crippen molar-refractivity contribution in [3.8, 4) is 0 Å². The molecule has 162 valence electrons. The van der Waals surface area contributed by atoms with E-state index in [1.807, 2.05) is 49.9 Å². The van der Waals surface area contributed by atoms with E-state index in [1.165, 1.54) is 0 Å². The number of aromatic nitrogens is 2. The zero-order valence-corrected chi connectivity index (χ0v) is 18.7. The molecule has 1 fully saturated rings. The number of amides is 1. The fourth-order valence-corrected chi connectivity index (χ4v) is 3.43. The first-order valence-corrected chi connectivity index (χ1v) is 10.4. The zero-order valence-electron chi connectivity index (χ0n) is 18.0. The van der Waals surface area contributed by atoms with Gasteiger partial charge in [-0.15, -0.1) is 0 Å². The lowest BCUT2D eigenvalue weighted by Crippen LogP contribution is -2.53. The van der Waals surface area contributed by atoms with Gasteiger partial charge < -0.3 is 19.6 Å². The van der Waals surface area contributed by atoms with Crippen LogP contribution < -0.4 is 5.32 Å². The maximum Gasteiger partial charge on any atom is 0.232 e. The maximum atomic E-state index is 12.6. The maximum absolute atomic E-state index is 12.6. The van der Waals surface area contributed by atoms with Gasteiger partial charge in [0.25, 0.3) is 0 Å². The minimum absolute atomic E-state index is 0.112. The van der Waals surface area contributed by atoms with Crippen LogP contribution in [0.3, 0.4) is 0 Å². The summed E-state index contributed by atoms with van der Waals surface area (Å²) >= 11 is 6.01. The van der Waals surface area contributed by atoms with Crippen molar-refractivity contribution in [1.82, 2.24) is 25.3 Å². The van der Waals surface area contributed by atoms with E-state index >= 15 is 0 Å². The number of carbonyl (C=O) groups excluding carboxylic acids is 1.